The molecule has 31 heavy (non-hydrogen) atoms. The maximum absolute atomic E-state index is 13.6. The number of benzene rings is 1. The monoisotopic (exact) mass is 435 g/mol. The molecule has 0 unspecified atom stereocenters. The van der Waals surface area contributed by atoms with Crippen molar-refractivity contribution in [3.63, 3.8) is 0 Å². The number of likely N-dealkylation sites (tertiary alicyclic amines) is 1. The van der Waals surface area contributed by atoms with Crippen molar-refractivity contribution >= 4 is 17.4 Å². The number of hydrogen-bond acceptors (Lipinski definition) is 4. The van der Waals surface area contributed by atoms with Gasteiger partial charge in [-0.25, -0.2) is 4.68 Å². The Morgan fingerprint density at radius 2 is 2.10 bits per heavy atom. The molecular weight excluding hydrogens is 407 g/mol. The lowest BCUT2D eigenvalue weighted by molar-refractivity contribution is -0.173. The Morgan fingerprint density at radius 3 is 2.81 bits per heavy atom. The first-order valence-electron chi connectivity index (χ1n) is 10.7. The van der Waals surface area contributed by atoms with Crippen molar-refractivity contribution < 1.29 is 18.0 Å². The fraction of sp³-hybridized carbons (Fsp3) is 0.545. The average Bonchev–Trinajstić information content (AvgIpc) is 3.34. The number of para-hydroxylation sites is 1. The molecule has 0 bridgehead atoms. The molecule has 0 aliphatic carbocycles. The number of anilines is 2. The third-order valence-corrected chi connectivity index (χ3v) is 6.26. The van der Waals surface area contributed by atoms with Gasteiger partial charge in [-0.1, -0.05) is 25.1 Å². The van der Waals surface area contributed by atoms with Crippen LogP contribution in [0.2, 0.25) is 0 Å². The predicted molar refractivity (Wildman–Crippen MR) is 113 cm³/mol. The third-order valence-electron chi connectivity index (χ3n) is 6.26. The summed E-state index contributed by atoms with van der Waals surface area (Å²) < 4.78 is 41.9. The Hall–Kier alpha value is -2.55. The summed E-state index contributed by atoms with van der Waals surface area (Å²) in [5.74, 6) is 0.356. The predicted octanol–water partition coefficient (Wildman–Crippen LogP) is 4.32. The molecule has 3 heterocycles. The molecule has 0 spiro atoms. The maximum Gasteiger partial charge on any atom is 0.410 e. The van der Waals surface area contributed by atoms with Crippen LogP contribution in [0.3, 0.4) is 0 Å². The molecule has 1 aromatic carbocycles. The van der Waals surface area contributed by atoms with Gasteiger partial charge in [0.2, 0.25) is 5.91 Å². The van der Waals surface area contributed by atoms with Crippen molar-refractivity contribution in [2.45, 2.75) is 57.3 Å². The summed E-state index contributed by atoms with van der Waals surface area (Å²) in [6, 6.07) is 7.54. The lowest BCUT2D eigenvalue weighted by Gasteiger charge is -2.32. The molecule has 1 amide bonds. The molecule has 6 nitrogen and oxygen atoms in total. The van der Waals surface area contributed by atoms with E-state index in [1.807, 2.05) is 43.0 Å². The first-order valence-corrected chi connectivity index (χ1v) is 10.7. The van der Waals surface area contributed by atoms with E-state index in [2.05, 4.69) is 15.7 Å². The molecule has 0 saturated carbocycles. The Labute approximate surface area is 179 Å². The van der Waals surface area contributed by atoms with Crippen LogP contribution < -0.4 is 10.6 Å². The molecule has 1 saturated heterocycles. The number of fused-ring (bicyclic) bond motifs is 1. The Balaban J connectivity index is 1.41. The van der Waals surface area contributed by atoms with Crippen LogP contribution in [0.15, 0.2) is 30.3 Å². The molecule has 4 rings (SSSR count). The smallest absolute Gasteiger partial charge is 0.367 e. The summed E-state index contributed by atoms with van der Waals surface area (Å²) in [5.41, 5.74) is 2.45. The zero-order chi connectivity index (χ0) is 22.2. The van der Waals surface area contributed by atoms with Gasteiger partial charge >= 0.3 is 6.18 Å². The highest BCUT2D eigenvalue weighted by atomic mass is 19.4. The number of nitrogens with zero attached hydrogens (tertiary/aromatic N) is 3. The number of carbonyl (C=O) groups is 1. The van der Waals surface area contributed by atoms with Gasteiger partial charge in [0.25, 0.3) is 0 Å². The van der Waals surface area contributed by atoms with Gasteiger partial charge in [-0.2, -0.15) is 18.3 Å². The van der Waals surface area contributed by atoms with Gasteiger partial charge in [-0.15, -0.1) is 0 Å². The number of hydrogen-bond donors (Lipinski definition) is 2. The molecule has 1 aromatic heterocycles. The van der Waals surface area contributed by atoms with Crippen LogP contribution in [0.5, 0.6) is 0 Å². The van der Waals surface area contributed by atoms with Crippen molar-refractivity contribution in [1.82, 2.24) is 14.7 Å². The van der Waals surface area contributed by atoms with Gasteiger partial charge in [0.05, 0.1) is 12.2 Å². The minimum Gasteiger partial charge on any atom is -0.367 e. The summed E-state index contributed by atoms with van der Waals surface area (Å²) in [5, 5.41) is 10.5. The normalized spacial score (nSPS) is 24.0. The van der Waals surface area contributed by atoms with E-state index in [0.29, 0.717) is 31.0 Å². The molecule has 9 heteroatoms. The Kier molecular flexibility index (Phi) is 5.96. The lowest BCUT2D eigenvalue weighted by atomic mass is 10.0. The minimum absolute atomic E-state index is 0.00993. The van der Waals surface area contributed by atoms with Crippen LogP contribution in [0.25, 0.3) is 0 Å². The standard InChI is InChI=1S/C22H28F3N5O/c1-3-16-10-19(22(23,24)25)30-20(26-16)11-18(28-30)15-8-9-29(12-15)13-21(31)27-17-7-5-4-6-14(17)2/h4-7,11,15-16,19,26H,3,8-10,12-13H2,1-2H3,(H,27,31)/t15-,16+,19+/m1/s1. The summed E-state index contributed by atoms with van der Waals surface area (Å²) in [6.45, 7) is 5.38. The molecule has 0 radical (unpaired) electrons. The molecule has 2 aliphatic heterocycles. The van der Waals surface area contributed by atoms with E-state index in [-0.39, 0.29) is 30.8 Å². The van der Waals surface area contributed by atoms with Crippen molar-refractivity contribution in [2.24, 2.45) is 0 Å². The molecule has 2 aromatic rings. The van der Waals surface area contributed by atoms with Gasteiger partial charge in [0.1, 0.15) is 5.82 Å². The number of halogens is 3. The van der Waals surface area contributed by atoms with Crippen molar-refractivity contribution in [3.8, 4) is 0 Å². The van der Waals surface area contributed by atoms with E-state index >= 15 is 0 Å². The van der Waals surface area contributed by atoms with Crippen LogP contribution in [0.4, 0.5) is 24.7 Å². The van der Waals surface area contributed by atoms with E-state index in [1.165, 1.54) is 0 Å². The fourth-order valence-corrected chi connectivity index (χ4v) is 4.46. The topological polar surface area (TPSA) is 62.2 Å². The molecular formula is C22H28F3N5O. The maximum atomic E-state index is 13.6. The van der Waals surface area contributed by atoms with Crippen LogP contribution >= 0.6 is 0 Å². The quantitative estimate of drug-likeness (QED) is 0.735. The summed E-state index contributed by atoms with van der Waals surface area (Å²) in [7, 11) is 0. The van der Waals surface area contributed by atoms with Crippen molar-refractivity contribution in [1.29, 1.82) is 0 Å². The van der Waals surface area contributed by atoms with Crippen LogP contribution in [-0.4, -0.2) is 52.4 Å². The Morgan fingerprint density at radius 1 is 1.32 bits per heavy atom. The number of nitrogens with one attached hydrogen (secondary N) is 2. The van der Waals surface area contributed by atoms with Gasteiger partial charge in [0, 0.05) is 30.3 Å². The highest BCUT2D eigenvalue weighted by Crippen LogP contribution is 2.41. The zero-order valence-corrected chi connectivity index (χ0v) is 17.7. The second-order valence-electron chi connectivity index (χ2n) is 8.53. The van der Waals surface area contributed by atoms with E-state index in [4.69, 9.17) is 0 Å². The van der Waals surface area contributed by atoms with E-state index in [0.717, 1.165) is 22.4 Å². The number of rotatable bonds is 5. The number of alkyl halides is 3. The van der Waals surface area contributed by atoms with Crippen molar-refractivity contribution in [3.05, 3.63) is 41.6 Å². The fourth-order valence-electron chi connectivity index (χ4n) is 4.46. The summed E-state index contributed by atoms with van der Waals surface area (Å²) in [6.07, 6.45) is -2.95. The van der Waals surface area contributed by atoms with Gasteiger partial charge < -0.3 is 10.6 Å². The molecule has 3 atom stereocenters. The lowest BCUT2D eigenvalue weighted by Crippen LogP contribution is -2.38. The van der Waals surface area contributed by atoms with E-state index < -0.39 is 12.2 Å². The van der Waals surface area contributed by atoms with Crippen LogP contribution in [-0.2, 0) is 4.79 Å². The average molecular weight is 435 g/mol. The van der Waals surface area contributed by atoms with Crippen molar-refractivity contribution in [2.75, 3.05) is 30.3 Å². The minimum atomic E-state index is -4.33. The van der Waals surface area contributed by atoms with Gasteiger partial charge in [-0.3, -0.25) is 9.69 Å². The van der Waals surface area contributed by atoms with Gasteiger partial charge in [-0.05, 0) is 44.4 Å². The van der Waals surface area contributed by atoms with Crippen LogP contribution in [0, 0.1) is 6.92 Å². The number of carbonyl (C=O) groups excluding carboxylic acids is 1. The summed E-state index contributed by atoms with van der Waals surface area (Å²) >= 11 is 0. The third kappa shape index (κ3) is 4.71. The van der Waals surface area contributed by atoms with Crippen LogP contribution in [0.1, 0.15) is 49.4 Å². The number of aryl methyl sites for hydroxylation is 1. The number of amides is 1. The first-order chi connectivity index (χ1) is 14.7. The molecule has 2 aliphatic rings. The second kappa shape index (κ2) is 8.53. The SMILES string of the molecule is CC[C@H]1C[C@@H](C(F)(F)F)n2nc([C@@H]3CCN(CC(=O)Nc4ccccc4C)C3)cc2N1. The zero-order valence-electron chi connectivity index (χ0n) is 17.7. The highest BCUT2D eigenvalue weighted by Gasteiger charge is 2.46. The van der Waals surface area contributed by atoms with E-state index in [9.17, 15) is 18.0 Å². The summed E-state index contributed by atoms with van der Waals surface area (Å²) in [4.78, 5) is 14.5. The molecule has 168 valence electrons. The second-order valence-corrected chi connectivity index (χ2v) is 8.53. The molecule has 1 fully saturated rings. The molecule has 2 N–H and O–H groups in total. The largest absolute Gasteiger partial charge is 0.410 e. The Bertz CT molecular complexity index is 941. The highest BCUT2D eigenvalue weighted by molar-refractivity contribution is 5.92. The van der Waals surface area contributed by atoms with Gasteiger partial charge in [0.15, 0.2) is 6.04 Å². The van der Waals surface area contributed by atoms with E-state index in [1.54, 1.807) is 6.07 Å². The first kappa shape index (κ1) is 21.7. The number of aromatic nitrogens is 2.